The predicted octanol–water partition coefficient (Wildman–Crippen LogP) is 2.42. The molecule has 0 saturated heterocycles. The van der Waals surface area contributed by atoms with Crippen molar-refractivity contribution in [2.24, 2.45) is 5.73 Å². The van der Waals surface area contributed by atoms with Gasteiger partial charge in [0.05, 0.1) is 6.10 Å². The number of aliphatic hydroxyl groups excluding tert-OH is 1. The van der Waals surface area contributed by atoms with Gasteiger partial charge in [-0.3, -0.25) is 0 Å². The number of benzene rings is 1. The Morgan fingerprint density at radius 3 is 2.06 bits per heavy atom. The molecule has 18 heavy (non-hydrogen) atoms. The van der Waals surface area contributed by atoms with E-state index >= 15 is 0 Å². The summed E-state index contributed by atoms with van der Waals surface area (Å²) in [4.78, 5) is 0. The van der Waals surface area contributed by atoms with Crippen molar-refractivity contribution in [2.45, 2.75) is 24.7 Å². The number of rotatable bonds is 3. The molecule has 0 spiro atoms. The maximum atomic E-state index is 13.1. The van der Waals surface area contributed by atoms with Crippen LogP contribution in [-0.2, 0) is 0 Å². The number of hydrogen-bond donors (Lipinski definition) is 2. The SMILES string of the molecule is N[C@@H](C[C@H](O)c1cc(F)c(F)cc1F)C(F)(F)F. The highest BCUT2D eigenvalue weighted by Crippen LogP contribution is 2.28. The first-order chi connectivity index (χ1) is 8.12. The lowest BCUT2D eigenvalue weighted by Gasteiger charge is -2.19. The van der Waals surface area contributed by atoms with Crippen molar-refractivity contribution >= 4 is 0 Å². The fourth-order valence-corrected chi connectivity index (χ4v) is 1.29. The Morgan fingerprint density at radius 2 is 1.56 bits per heavy atom. The van der Waals surface area contributed by atoms with Crippen molar-refractivity contribution in [1.82, 2.24) is 0 Å². The molecular weight excluding hydrogens is 264 g/mol. The third-order valence-corrected chi connectivity index (χ3v) is 2.30. The van der Waals surface area contributed by atoms with Crippen molar-refractivity contribution in [3.05, 3.63) is 35.1 Å². The minimum Gasteiger partial charge on any atom is -0.388 e. The summed E-state index contributed by atoms with van der Waals surface area (Å²) in [6, 6.07) is -1.94. The van der Waals surface area contributed by atoms with Crippen LogP contribution in [0, 0.1) is 17.5 Å². The number of hydrogen-bond acceptors (Lipinski definition) is 2. The summed E-state index contributed by atoms with van der Waals surface area (Å²) >= 11 is 0. The number of aliphatic hydroxyl groups is 1. The standard InChI is InChI=1S/C10H9F6NO/c11-5-2-7(13)6(12)1-4(5)8(18)3-9(17)10(14,15)16/h1-2,8-9,18H,3,17H2/t8-,9-/m0/s1. The Balaban J connectivity index is 2.91. The van der Waals surface area contributed by atoms with Gasteiger partial charge in [-0.2, -0.15) is 13.2 Å². The summed E-state index contributed by atoms with van der Waals surface area (Å²) in [6.07, 6.45) is -7.79. The summed E-state index contributed by atoms with van der Waals surface area (Å²) in [5, 5.41) is 9.34. The lowest BCUT2D eigenvalue weighted by Crippen LogP contribution is -2.38. The van der Waals surface area contributed by atoms with Crippen LogP contribution in [0.2, 0.25) is 0 Å². The summed E-state index contributed by atoms with van der Waals surface area (Å²) in [7, 11) is 0. The number of alkyl halides is 3. The smallest absolute Gasteiger partial charge is 0.388 e. The minimum absolute atomic E-state index is 0.146. The highest BCUT2D eigenvalue weighted by molar-refractivity contribution is 5.22. The molecule has 0 amide bonds. The molecule has 1 rings (SSSR count). The zero-order chi connectivity index (χ0) is 14.1. The molecule has 0 aliphatic heterocycles. The van der Waals surface area contributed by atoms with E-state index in [-0.39, 0.29) is 6.07 Å². The number of nitrogens with two attached hydrogens (primary N) is 1. The van der Waals surface area contributed by atoms with Gasteiger partial charge in [0.1, 0.15) is 11.9 Å². The van der Waals surface area contributed by atoms with Gasteiger partial charge in [-0.1, -0.05) is 0 Å². The molecule has 0 aliphatic carbocycles. The summed E-state index contributed by atoms with van der Waals surface area (Å²) in [6.45, 7) is 0. The van der Waals surface area contributed by atoms with Crippen molar-refractivity contribution in [1.29, 1.82) is 0 Å². The molecule has 0 unspecified atom stereocenters. The average molecular weight is 273 g/mol. The van der Waals surface area contributed by atoms with Crippen molar-refractivity contribution in [3.63, 3.8) is 0 Å². The molecule has 0 heterocycles. The second-order valence-electron chi connectivity index (χ2n) is 3.69. The second-order valence-corrected chi connectivity index (χ2v) is 3.69. The quantitative estimate of drug-likeness (QED) is 0.656. The molecule has 1 aromatic rings. The van der Waals surface area contributed by atoms with E-state index in [1.807, 2.05) is 0 Å². The lowest BCUT2D eigenvalue weighted by molar-refractivity contribution is -0.154. The fourth-order valence-electron chi connectivity index (χ4n) is 1.29. The molecule has 0 aromatic heterocycles. The van der Waals surface area contributed by atoms with Gasteiger partial charge in [0.15, 0.2) is 11.6 Å². The zero-order valence-corrected chi connectivity index (χ0v) is 8.81. The van der Waals surface area contributed by atoms with Crippen LogP contribution in [0.15, 0.2) is 12.1 Å². The maximum Gasteiger partial charge on any atom is 0.403 e. The molecule has 102 valence electrons. The van der Waals surface area contributed by atoms with Gasteiger partial charge in [0.2, 0.25) is 0 Å². The van der Waals surface area contributed by atoms with E-state index in [1.54, 1.807) is 0 Å². The highest BCUT2D eigenvalue weighted by Gasteiger charge is 2.38. The van der Waals surface area contributed by atoms with Gasteiger partial charge in [0.25, 0.3) is 0 Å². The minimum atomic E-state index is -4.77. The summed E-state index contributed by atoms with van der Waals surface area (Å²) < 4.78 is 74.8. The average Bonchev–Trinajstić information content (AvgIpc) is 2.21. The van der Waals surface area contributed by atoms with E-state index in [2.05, 4.69) is 0 Å². The van der Waals surface area contributed by atoms with Crippen LogP contribution in [-0.4, -0.2) is 17.3 Å². The monoisotopic (exact) mass is 273 g/mol. The molecule has 2 atom stereocenters. The Labute approximate surface area is 98.0 Å². The van der Waals surface area contributed by atoms with Gasteiger partial charge >= 0.3 is 6.18 Å². The van der Waals surface area contributed by atoms with Crippen LogP contribution in [0.4, 0.5) is 26.3 Å². The fraction of sp³-hybridized carbons (Fsp3) is 0.400. The van der Waals surface area contributed by atoms with Gasteiger partial charge in [-0.15, -0.1) is 0 Å². The van der Waals surface area contributed by atoms with E-state index in [9.17, 15) is 31.4 Å². The molecule has 0 aliphatic rings. The van der Waals surface area contributed by atoms with Gasteiger partial charge in [0, 0.05) is 18.1 Å². The molecule has 0 bridgehead atoms. The Hall–Kier alpha value is -1.28. The van der Waals surface area contributed by atoms with E-state index in [4.69, 9.17) is 5.73 Å². The first-order valence-electron chi connectivity index (χ1n) is 4.77. The molecule has 2 nitrogen and oxygen atoms in total. The van der Waals surface area contributed by atoms with E-state index in [0.29, 0.717) is 6.07 Å². The zero-order valence-electron chi connectivity index (χ0n) is 8.81. The molecule has 3 N–H and O–H groups in total. The maximum absolute atomic E-state index is 13.1. The molecule has 0 saturated carbocycles. The highest BCUT2D eigenvalue weighted by atomic mass is 19.4. The van der Waals surface area contributed by atoms with Crippen LogP contribution in [0.3, 0.4) is 0 Å². The van der Waals surface area contributed by atoms with Crippen molar-refractivity contribution in [3.8, 4) is 0 Å². The van der Waals surface area contributed by atoms with Gasteiger partial charge in [-0.05, 0) is 6.07 Å². The summed E-state index contributed by atoms with van der Waals surface area (Å²) in [5.41, 5.74) is 3.96. The second kappa shape index (κ2) is 5.15. The van der Waals surface area contributed by atoms with Crippen molar-refractivity contribution < 1.29 is 31.4 Å². The van der Waals surface area contributed by atoms with Crippen LogP contribution < -0.4 is 5.73 Å². The van der Waals surface area contributed by atoms with Crippen LogP contribution in [0.25, 0.3) is 0 Å². The van der Waals surface area contributed by atoms with Crippen LogP contribution >= 0.6 is 0 Å². The van der Waals surface area contributed by atoms with Gasteiger partial charge < -0.3 is 10.8 Å². The molecule has 8 heteroatoms. The molecule has 0 radical (unpaired) electrons. The Morgan fingerprint density at radius 1 is 1.06 bits per heavy atom. The topological polar surface area (TPSA) is 46.2 Å². The van der Waals surface area contributed by atoms with Crippen LogP contribution in [0.5, 0.6) is 0 Å². The molecule has 0 fully saturated rings. The molecular formula is C10H9F6NO. The van der Waals surface area contributed by atoms with E-state index in [0.717, 1.165) is 0 Å². The van der Waals surface area contributed by atoms with Crippen molar-refractivity contribution in [2.75, 3.05) is 0 Å². The first kappa shape index (κ1) is 14.8. The lowest BCUT2D eigenvalue weighted by atomic mass is 10.0. The normalized spacial score (nSPS) is 15.6. The van der Waals surface area contributed by atoms with E-state index in [1.165, 1.54) is 0 Å². The number of halogens is 6. The first-order valence-corrected chi connectivity index (χ1v) is 4.77. The third kappa shape index (κ3) is 3.36. The van der Waals surface area contributed by atoms with E-state index < -0.39 is 47.8 Å². The Kier molecular flexibility index (Phi) is 4.23. The summed E-state index contributed by atoms with van der Waals surface area (Å²) in [5.74, 6) is -4.30. The molecule has 1 aromatic carbocycles. The van der Waals surface area contributed by atoms with Crippen LogP contribution in [0.1, 0.15) is 18.1 Å². The third-order valence-electron chi connectivity index (χ3n) is 2.30. The van der Waals surface area contributed by atoms with Gasteiger partial charge in [-0.25, -0.2) is 13.2 Å². The predicted molar refractivity (Wildman–Crippen MR) is 49.9 cm³/mol. The largest absolute Gasteiger partial charge is 0.403 e. The Bertz CT molecular complexity index is 433.